The molecule has 4 rings (SSSR count). The number of nitrogens with zero attached hydrogens (tertiary/aromatic N) is 1. The van der Waals surface area contributed by atoms with E-state index in [0.717, 1.165) is 20.9 Å². The summed E-state index contributed by atoms with van der Waals surface area (Å²) in [4.78, 5) is 38.5. The number of ether oxygens (including phenoxy) is 1. The summed E-state index contributed by atoms with van der Waals surface area (Å²) in [5.74, 6) is -0.456. The van der Waals surface area contributed by atoms with E-state index in [9.17, 15) is 14.4 Å². The van der Waals surface area contributed by atoms with Gasteiger partial charge < -0.3 is 9.15 Å². The van der Waals surface area contributed by atoms with Crippen molar-refractivity contribution in [1.29, 1.82) is 0 Å². The first-order chi connectivity index (χ1) is 14.5. The molecule has 0 atom stereocenters. The second-order valence-electron chi connectivity index (χ2n) is 6.33. The molecule has 1 fully saturated rings. The first-order valence-corrected chi connectivity index (χ1v) is 10.7. The molecule has 0 aliphatic carbocycles. The molecule has 150 valence electrons. The quantitative estimate of drug-likeness (QED) is 0.192. The highest BCUT2D eigenvalue weighted by atomic mass is 127. The van der Waals surface area contributed by atoms with E-state index in [-0.39, 0.29) is 23.5 Å². The third-order valence-electron chi connectivity index (χ3n) is 4.24. The minimum Gasteiger partial charge on any atom is -0.457 e. The van der Waals surface area contributed by atoms with Gasteiger partial charge in [0.25, 0.3) is 11.1 Å². The molecule has 6 nitrogen and oxygen atoms in total. The van der Waals surface area contributed by atoms with Gasteiger partial charge in [-0.05, 0) is 88.0 Å². The lowest BCUT2D eigenvalue weighted by molar-refractivity contribution is -0.123. The third kappa shape index (κ3) is 4.65. The molecule has 2 heterocycles. The predicted molar refractivity (Wildman–Crippen MR) is 121 cm³/mol. The summed E-state index contributed by atoms with van der Waals surface area (Å²) < 4.78 is 11.3. The Morgan fingerprint density at radius 1 is 1.07 bits per heavy atom. The summed E-state index contributed by atoms with van der Waals surface area (Å²) in [6, 6.07) is 17.4. The molecule has 30 heavy (non-hydrogen) atoms. The number of amides is 2. The minimum absolute atomic E-state index is 0.112. The van der Waals surface area contributed by atoms with Crippen LogP contribution in [0.2, 0.25) is 0 Å². The zero-order chi connectivity index (χ0) is 21.1. The fraction of sp³-hybridized carbons (Fsp3) is 0.0455. The van der Waals surface area contributed by atoms with E-state index in [1.807, 2.05) is 24.3 Å². The average molecular weight is 531 g/mol. The van der Waals surface area contributed by atoms with Gasteiger partial charge in [0.15, 0.2) is 0 Å². The highest BCUT2D eigenvalue weighted by Crippen LogP contribution is 2.33. The van der Waals surface area contributed by atoms with Gasteiger partial charge in [0.2, 0.25) is 5.76 Å². The number of hydrogen-bond acceptors (Lipinski definition) is 6. The largest absolute Gasteiger partial charge is 0.457 e. The first-order valence-electron chi connectivity index (χ1n) is 8.85. The summed E-state index contributed by atoms with van der Waals surface area (Å²) >= 11 is 3.11. The average Bonchev–Trinajstić information content (AvgIpc) is 3.36. The fourth-order valence-corrected chi connectivity index (χ4v) is 3.94. The number of esters is 1. The number of halogens is 1. The number of carbonyl (C=O) groups is 3. The Morgan fingerprint density at radius 2 is 1.80 bits per heavy atom. The number of furan rings is 1. The predicted octanol–water partition coefficient (Wildman–Crippen LogP) is 5.34. The van der Waals surface area contributed by atoms with Crippen molar-refractivity contribution >= 4 is 57.5 Å². The molecule has 0 N–H and O–H groups in total. The van der Waals surface area contributed by atoms with Crippen LogP contribution in [-0.2, 0) is 11.3 Å². The van der Waals surface area contributed by atoms with Gasteiger partial charge in [-0.2, -0.15) is 0 Å². The number of rotatable bonds is 5. The molecule has 0 bridgehead atoms. The van der Waals surface area contributed by atoms with Crippen LogP contribution in [-0.4, -0.2) is 22.0 Å². The van der Waals surface area contributed by atoms with Crippen molar-refractivity contribution in [3.63, 3.8) is 0 Å². The van der Waals surface area contributed by atoms with Gasteiger partial charge in [-0.15, -0.1) is 0 Å². The smallest absolute Gasteiger partial charge is 0.379 e. The molecule has 0 radical (unpaired) electrons. The Balaban J connectivity index is 1.44. The molecule has 0 unspecified atom stereocenters. The van der Waals surface area contributed by atoms with E-state index < -0.39 is 5.97 Å². The molecule has 2 amide bonds. The molecule has 3 aromatic rings. The second kappa shape index (κ2) is 8.88. The van der Waals surface area contributed by atoms with Gasteiger partial charge in [0.05, 0.1) is 17.7 Å². The normalized spacial score (nSPS) is 15.1. The van der Waals surface area contributed by atoms with Crippen molar-refractivity contribution in [1.82, 2.24) is 4.90 Å². The highest BCUT2D eigenvalue weighted by molar-refractivity contribution is 14.1. The highest BCUT2D eigenvalue weighted by Gasteiger charge is 2.34. The third-order valence-corrected chi connectivity index (χ3v) is 5.86. The molecular weight excluding hydrogens is 517 g/mol. The Morgan fingerprint density at radius 3 is 2.47 bits per heavy atom. The lowest BCUT2D eigenvalue weighted by atomic mass is 10.2. The van der Waals surface area contributed by atoms with Gasteiger partial charge in [0, 0.05) is 3.57 Å². The number of thioether (sulfide) groups is 1. The second-order valence-corrected chi connectivity index (χ2v) is 8.57. The zero-order valence-electron chi connectivity index (χ0n) is 15.4. The monoisotopic (exact) mass is 531 g/mol. The Labute approximate surface area is 190 Å². The maximum atomic E-state index is 12.7. The number of imide groups is 1. The van der Waals surface area contributed by atoms with Crippen molar-refractivity contribution in [3.05, 3.63) is 92.3 Å². The molecule has 1 saturated heterocycles. The standard InChI is InChI=1S/C22H14INO5S/c23-16-7-3-15(4-8-16)13-24-20(25)19(30-22(24)27)12-14-5-9-17(10-6-14)29-21(26)18-2-1-11-28-18/h1-12H,13H2/b19-12-. The van der Waals surface area contributed by atoms with E-state index >= 15 is 0 Å². The van der Waals surface area contributed by atoms with E-state index in [2.05, 4.69) is 22.6 Å². The van der Waals surface area contributed by atoms with Crippen LogP contribution in [0.15, 0.2) is 76.2 Å². The van der Waals surface area contributed by atoms with Crippen molar-refractivity contribution in [2.45, 2.75) is 6.54 Å². The maximum Gasteiger partial charge on any atom is 0.379 e. The van der Waals surface area contributed by atoms with E-state index in [0.29, 0.717) is 16.2 Å². The molecular formula is C22H14INO5S. The Hall–Kier alpha value is -2.85. The molecule has 0 saturated carbocycles. The van der Waals surface area contributed by atoms with E-state index in [4.69, 9.17) is 9.15 Å². The number of benzene rings is 2. The van der Waals surface area contributed by atoms with Crippen LogP contribution < -0.4 is 4.74 Å². The summed E-state index contributed by atoms with van der Waals surface area (Å²) in [6.07, 6.45) is 3.04. The van der Waals surface area contributed by atoms with Crippen LogP contribution in [0, 0.1) is 3.57 Å². The molecule has 1 aliphatic heterocycles. The van der Waals surface area contributed by atoms with Crippen molar-refractivity contribution in [2.75, 3.05) is 0 Å². The van der Waals surface area contributed by atoms with Gasteiger partial charge in [0.1, 0.15) is 5.75 Å². The van der Waals surface area contributed by atoms with Gasteiger partial charge >= 0.3 is 5.97 Å². The number of carbonyl (C=O) groups excluding carboxylic acids is 3. The molecule has 1 aliphatic rings. The van der Waals surface area contributed by atoms with Gasteiger partial charge in [-0.1, -0.05) is 24.3 Å². The van der Waals surface area contributed by atoms with Gasteiger partial charge in [-0.25, -0.2) is 4.79 Å². The lowest BCUT2D eigenvalue weighted by Crippen LogP contribution is -2.27. The van der Waals surface area contributed by atoms with Crippen LogP contribution in [0.1, 0.15) is 21.7 Å². The van der Waals surface area contributed by atoms with E-state index in [1.54, 1.807) is 36.4 Å². The summed E-state index contributed by atoms with van der Waals surface area (Å²) in [5.41, 5.74) is 1.61. The number of hydrogen-bond donors (Lipinski definition) is 0. The Kier molecular flexibility index (Phi) is 6.05. The van der Waals surface area contributed by atoms with Crippen molar-refractivity contribution in [3.8, 4) is 5.75 Å². The Bertz CT molecular complexity index is 1120. The van der Waals surface area contributed by atoms with Crippen molar-refractivity contribution < 1.29 is 23.5 Å². The zero-order valence-corrected chi connectivity index (χ0v) is 18.4. The summed E-state index contributed by atoms with van der Waals surface area (Å²) in [5, 5.41) is -0.297. The SMILES string of the molecule is O=C(Oc1ccc(/C=C2\SC(=O)N(Cc3ccc(I)cc3)C2=O)cc1)c1ccco1. The van der Waals surface area contributed by atoms with Crippen LogP contribution in [0.3, 0.4) is 0 Å². The van der Waals surface area contributed by atoms with Crippen LogP contribution in [0.5, 0.6) is 5.75 Å². The lowest BCUT2D eigenvalue weighted by Gasteiger charge is -2.12. The van der Waals surface area contributed by atoms with Crippen LogP contribution in [0.25, 0.3) is 6.08 Å². The fourth-order valence-electron chi connectivity index (χ4n) is 2.74. The first kappa shape index (κ1) is 20.4. The topological polar surface area (TPSA) is 76.8 Å². The van der Waals surface area contributed by atoms with E-state index in [1.165, 1.54) is 17.2 Å². The molecule has 0 spiro atoms. The molecule has 1 aromatic heterocycles. The van der Waals surface area contributed by atoms with Gasteiger partial charge in [-0.3, -0.25) is 14.5 Å². The molecule has 2 aromatic carbocycles. The van der Waals surface area contributed by atoms with Crippen molar-refractivity contribution in [2.24, 2.45) is 0 Å². The minimum atomic E-state index is -0.593. The summed E-state index contributed by atoms with van der Waals surface area (Å²) in [7, 11) is 0. The van der Waals surface area contributed by atoms with Crippen LogP contribution >= 0.6 is 34.4 Å². The molecule has 8 heteroatoms. The maximum absolute atomic E-state index is 12.7. The summed E-state index contributed by atoms with van der Waals surface area (Å²) in [6.45, 7) is 0.237. The van der Waals surface area contributed by atoms with Crippen LogP contribution in [0.4, 0.5) is 4.79 Å².